The summed E-state index contributed by atoms with van der Waals surface area (Å²) in [6, 6.07) is 12.4. The molecule has 0 amide bonds. The highest BCUT2D eigenvalue weighted by atomic mass is 127. The van der Waals surface area contributed by atoms with Crippen molar-refractivity contribution in [1.82, 2.24) is 15.6 Å². The fraction of sp³-hybridized carbons (Fsp3) is 0.333. The van der Waals surface area contributed by atoms with Gasteiger partial charge in [0.2, 0.25) is 0 Å². The van der Waals surface area contributed by atoms with Crippen molar-refractivity contribution in [3.8, 4) is 5.75 Å². The molecule has 2 aromatic rings. The topological polar surface area (TPSA) is 58.5 Å². The lowest BCUT2D eigenvalue weighted by atomic mass is 10.0. The molecule has 5 nitrogen and oxygen atoms in total. The molecule has 0 bridgehead atoms. The van der Waals surface area contributed by atoms with Crippen LogP contribution in [0.1, 0.15) is 29.3 Å². The van der Waals surface area contributed by atoms with Crippen LogP contribution in [0.25, 0.3) is 0 Å². The summed E-state index contributed by atoms with van der Waals surface area (Å²) in [6.07, 6.45) is 2.73. The maximum Gasteiger partial charge on any atom is 0.191 e. The van der Waals surface area contributed by atoms with Gasteiger partial charge in [0.05, 0.1) is 24.9 Å². The molecule has 0 saturated carbocycles. The zero-order valence-corrected chi connectivity index (χ0v) is 16.3. The summed E-state index contributed by atoms with van der Waals surface area (Å²) in [4.78, 5) is 8.73. The third-order valence-electron chi connectivity index (χ3n) is 4.03. The van der Waals surface area contributed by atoms with Gasteiger partial charge in [0, 0.05) is 25.2 Å². The number of aryl methyl sites for hydroxylation is 1. The van der Waals surface area contributed by atoms with Gasteiger partial charge in [0.25, 0.3) is 0 Å². The van der Waals surface area contributed by atoms with Gasteiger partial charge in [-0.05, 0) is 24.6 Å². The summed E-state index contributed by atoms with van der Waals surface area (Å²) in [6.45, 7) is 3.43. The summed E-state index contributed by atoms with van der Waals surface area (Å²) in [5.41, 5.74) is 3.38. The number of halogens is 1. The fourth-order valence-corrected chi connectivity index (χ4v) is 2.72. The van der Waals surface area contributed by atoms with Crippen molar-refractivity contribution in [2.75, 3.05) is 13.7 Å². The Morgan fingerprint density at radius 1 is 1.29 bits per heavy atom. The van der Waals surface area contributed by atoms with Crippen LogP contribution in [0.2, 0.25) is 0 Å². The number of aliphatic imine (C=N–C) groups is 1. The van der Waals surface area contributed by atoms with Crippen molar-refractivity contribution >= 4 is 29.9 Å². The lowest BCUT2D eigenvalue weighted by Crippen LogP contribution is -2.40. The van der Waals surface area contributed by atoms with E-state index in [0.29, 0.717) is 13.2 Å². The molecule has 1 aromatic carbocycles. The minimum Gasteiger partial charge on any atom is -0.493 e. The van der Waals surface area contributed by atoms with Crippen LogP contribution in [0.4, 0.5) is 0 Å². The van der Waals surface area contributed by atoms with Crippen LogP contribution in [-0.4, -0.2) is 24.6 Å². The van der Waals surface area contributed by atoms with Gasteiger partial charge in [-0.3, -0.25) is 9.98 Å². The first-order chi connectivity index (χ1) is 11.3. The molecular formula is C18H23IN4O. The van der Waals surface area contributed by atoms with E-state index in [-0.39, 0.29) is 30.0 Å². The second kappa shape index (κ2) is 8.86. The maximum atomic E-state index is 5.70. The number of benzene rings is 1. The summed E-state index contributed by atoms with van der Waals surface area (Å²) in [7, 11) is 1.78. The van der Waals surface area contributed by atoms with E-state index in [9.17, 15) is 0 Å². The average Bonchev–Trinajstić information content (AvgIpc) is 2.60. The smallest absolute Gasteiger partial charge is 0.191 e. The van der Waals surface area contributed by atoms with Gasteiger partial charge in [-0.2, -0.15) is 0 Å². The lowest BCUT2D eigenvalue weighted by Gasteiger charge is -2.28. The van der Waals surface area contributed by atoms with Gasteiger partial charge in [-0.25, -0.2) is 0 Å². The molecule has 1 aromatic heterocycles. The SMILES string of the molecule is CN=C(NCc1ncccc1C)NC1CCOc2ccccc21.I. The molecule has 0 radical (unpaired) electrons. The van der Waals surface area contributed by atoms with E-state index < -0.39 is 0 Å². The van der Waals surface area contributed by atoms with Crippen LogP contribution in [0.5, 0.6) is 5.75 Å². The number of nitrogens with zero attached hydrogens (tertiary/aromatic N) is 2. The minimum atomic E-state index is 0. The number of rotatable bonds is 3. The van der Waals surface area contributed by atoms with E-state index in [0.717, 1.165) is 23.8 Å². The van der Waals surface area contributed by atoms with E-state index in [1.165, 1.54) is 11.1 Å². The highest BCUT2D eigenvalue weighted by Gasteiger charge is 2.21. The molecule has 3 rings (SSSR count). The first-order valence-electron chi connectivity index (χ1n) is 7.87. The first kappa shape index (κ1) is 18.5. The predicted molar refractivity (Wildman–Crippen MR) is 107 cm³/mol. The fourth-order valence-electron chi connectivity index (χ4n) is 2.72. The molecule has 6 heteroatoms. The maximum absolute atomic E-state index is 5.70. The number of aromatic nitrogens is 1. The Morgan fingerprint density at radius 2 is 2.12 bits per heavy atom. The Kier molecular flexibility index (Phi) is 6.84. The van der Waals surface area contributed by atoms with E-state index in [1.807, 2.05) is 30.5 Å². The minimum absolute atomic E-state index is 0. The zero-order chi connectivity index (χ0) is 16.1. The van der Waals surface area contributed by atoms with Crippen LogP contribution in [0.3, 0.4) is 0 Å². The van der Waals surface area contributed by atoms with Crippen molar-refractivity contribution in [3.05, 3.63) is 59.4 Å². The van der Waals surface area contributed by atoms with Crippen LogP contribution in [0.15, 0.2) is 47.6 Å². The third-order valence-corrected chi connectivity index (χ3v) is 4.03. The third kappa shape index (κ3) is 4.37. The average molecular weight is 438 g/mol. The van der Waals surface area contributed by atoms with Crippen molar-refractivity contribution < 1.29 is 4.74 Å². The molecule has 1 unspecified atom stereocenters. The Hall–Kier alpha value is -1.83. The molecule has 1 atom stereocenters. The number of hydrogen-bond acceptors (Lipinski definition) is 3. The zero-order valence-electron chi connectivity index (χ0n) is 14.0. The predicted octanol–water partition coefficient (Wildman–Crippen LogP) is 3.20. The normalized spacial score (nSPS) is 16.4. The highest BCUT2D eigenvalue weighted by molar-refractivity contribution is 14.0. The second-order valence-corrected chi connectivity index (χ2v) is 5.56. The molecule has 1 aliphatic rings. The van der Waals surface area contributed by atoms with Gasteiger partial charge in [0.1, 0.15) is 5.75 Å². The molecule has 128 valence electrons. The van der Waals surface area contributed by atoms with Crippen molar-refractivity contribution in [2.24, 2.45) is 4.99 Å². The van der Waals surface area contributed by atoms with Gasteiger partial charge < -0.3 is 15.4 Å². The first-order valence-corrected chi connectivity index (χ1v) is 7.87. The number of hydrogen-bond donors (Lipinski definition) is 2. The Balaban J connectivity index is 0.00000208. The molecule has 0 spiro atoms. The summed E-state index contributed by atoms with van der Waals surface area (Å²) in [5.74, 6) is 1.73. The number of nitrogens with one attached hydrogen (secondary N) is 2. The van der Waals surface area contributed by atoms with E-state index in [1.54, 1.807) is 7.05 Å². The number of guanidine groups is 1. The molecule has 0 aliphatic carbocycles. The van der Waals surface area contributed by atoms with Crippen LogP contribution < -0.4 is 15.4 Å². The van der Waals surface area contributed by atoms with E-state index in [2.05, 4.69) is 39.7 Å². The Labute approximate surface area is 160 Å². The molecule has 0 fully saturated rings. The van der Waals surface area contributed by atoms with Crippen LogP contribution in [-0.2, 0) is 6.54 Å². The van der Waals surface area contributed by atoms with Crippen molar-refractivity contribution in [1.29, 1.82) is 0 Å². The number of pyridine rings is 1. The molecule has 2 N–H and O–H groups in total. The Morgan fingerprint density at radius 3 is 2.92 bits per heavy atom. The van der Waals surface area contributed by atoms with Crippen molar-refractivity contribution in [2.45, 2.75) is 25.9 Å². The molecule has 0 saturated heterocycles. The van der Waals surface area contributed by atoms with Crippen LogP contribution >= 0.6 is 24.0 Å². The lowest BCUT2D eigenvalue weighted by molar-refractivity contribution is 0.261. The van der Waals surface area contributed by atoms with Gasteiger partial charge in [0.15, 0.2) is 5.96 Å². The standard InChI is InChI=1S/C18H22N4O.HI/c1-13-6-5-10-20-16(13)12-21-18(19-2)22-15-9-11-23-17-8-4-3-7-14(15)17;/h3-8,10,15H,9,11-12H2,1-2H3,(H2,19,21,22);1H. The number of para-hydroxylation sites is 1. The van der Waals surface area contributed by atoms with E-state index in [4.69, 9.17) is 4.74 Å². The number of fused-ring (bicyclic) bond motifs is 1. The monoisotopic (exact) mass is 438 g/mol. The van der Waals surface area contributed by atoms with Gasteiger partial charge in [-0.1, -0.05) is 24.3 Å². The molecular weight excluding hydrogens is 415 g/mol. The van der Waals surface area contributed by atoms with E-state index >= 15 is 0 Å². The van der Waals surface area contributed by atoms with Gasteiger partial charge in [-0.15, -0.1) is 24.0 Å². The highest BCUT2D eigenvalue weighted by Crippen LogP contribution is 2.31. The molecule has 24 heavy (non-hydrogen) atoms. The Bertz CT molecular complexity index is 705. The largest absolute Gasteiger partial charge is 0.493 e. The van der Waals surface area contributed by atoms with Crippen molar-refractivity contribution in [3.63, 3.8) is 0 Å². The summed E-state index contributed by atoms with van der Waals surface area (Å²) >= 11 is 0. The quantitative estimate of drug-likeness (QED) is 0.439. The second-order valence-electron chi connectivity index (χ2n) is 5.56. The molecule has 2 heterocycles. The van der Waals surface area contributed by atoms with Gasteiger partial charge >= 0.3 is 0 Å². The number of ether oxygens (including phenoxy) is 1. The summed E-state index contributed by atoms with van der Waals surface area (Å²) in [5, 5.41) is 6.82. The summed E-state index contributed by atoms with van der Waals surface area (Å²) < 4.78 is 5.70. The van der Waals surface area contributed by atoms with Crippen LogP contribution in [0, 0.1) is 6.92 Å². The molecule has 1 aliphatic heterocycles.